The quantitative estimate of drug-likeness (QED) is 0.778. The summed E-state index contributed by atoms with van der Waals surface area (Å²) in [5.41, 5.74) is 0.708. The maximum Gasteiger partial charge on any atom is 0.387 e. The van der Waals surface area contributed by atoms with Gasteiger partial charge in [0.05, 0.1) is 6.61 Å². The van der Waals surface area contributed by atoms with Crippen molar-refractivity contribution >= 4 is 0 Å². The van der Waals surface area contributed by atoms with Crippen LogP contribution in [0.1, 0.15) is 18.9 Å². The van der Waals surface area contributed by atoms with Crippen LogP contribution in [-0.4, -0.2) is 36.3 Å². The van der Waals surface area contributed by atoms with Gasteiger partial charge in [-0.3, -0.25) is 4.90 Å². The molecule has 1 aromatic carbocycles. The molecular weight excluding hydrogens is 240 g/mol. The van der Waals surface area contributed by atoms with Gasteiger partial charge in [-0.05, 0) is 19.0 Å². The van der Waals surface area contributed by atoms with Gasteiger partial charge in [0.25, 0.3) is 0 Å². The van der Waals surface area contributed by atoms with E-state index in [1.54, 1.807) is 18.2 Å². The number of para-hydroxylation sites is 1. The molecule has 0 saturated heterocycles. The Balaban J connectivity index is 2.74. The number of aliphatic hydroxyl groups is 1. The zero-order valence-electron chi connectivity index (χ0n) is 10.5. The van der Waals surface area contributed by atoms with Crippen molar-refractivity contribution in [2.24, 2.45) is 0 Å². The summed E-state index contributed by atoms with van der Waals surface area (Å²) in [7, 11) is 0. The van der Waals surface area contributed by atoms with Crippen LogP contribution in [0, 0.1) is 0 Å². The van der Waals surface area contributed by atoms with Crippen molar-refractivity contribution in [3.8, 4) is 5.75 Å². The summed E-state index contributed by atoms with van der Waals surface area (Å²) in [6, 6.07) is 6.75. The summed E-state index contributed by atoms with van der Waals surface area (Å²) in [5, 5.41) is 8.96. The lowest BCUT2D eigenvalue weighted by molar-refractivity contribution is -0.0508. The van der Waals surface area contributed by atoms with Gasteiger partial charge < -0.3 is 9.84 Å². The van der Waals surface area contributed by atoms with Crippen LogP contribution in [-0.2, 0) is 6.54 Å². The normalized spacial score (nSPS) is 11.2. The van der Waals surface area contributed by atoms with Gasteiger partial charge in [0.15, 0.2) is 0 Å². The number of aliphatic hydroxyl groups excluding tert-OH is 1. The predicted molar refractivity (Wildman–Crippen MR) is 65.7 cm³/mol. The molecule has 5 heteroatoms. The highest BCUT2D eigenvalue weighted by Crippen LogP contribution is 2.21. The molecule has 0 amide bonds. The lowest BCUT2D eigenvalue weighted by Gasteiger charge is -2.22. The maximum atomic E-state index is 12.3. The fourth-order valence-electron chi connectivity index (χ4n) is 1.81. The molecule has 0 atom stereocenters. The van der Waals surface area contributed by atoms with Gasteiger partial charge in [0.1, 0.15) is 5.75 Å². The lowest BCUT2D eigenvalue weighted by atomic mass is 10.2. The van der Waals surface area contributed by atoms with Crippen molar-refractivity contribution in [1.82, 2.24) is 4.90 Å². The number of hydrogen-bond donors (Lipinski definition) is 1. The molecule has 0 spiro atoms. The van der Waals surface area contributed by atoms with Crippen molar-refractivity contribution in [2.45, 2.75) is 26.5 Å². The van der Waals surface area contributed by atoms with Crippen LogP contribution in [0.15, 0.2) is 24.3 Å². The van der Waals surface area contributed by atoms with E-state index in [0.29, 0.717) is 18.7 Å². The Morgan fingerprint density at radius 3 is 2.61 bits per heavy atom. The van der Waals surface area contributed by atoms with Crippen LogP contribution in [0.2, 0.25) is 0 Å². The molecule has 1 N–H and O–H groups in total. The second-order valence-electron chi connectivity index (χ2n) is 3.99. The molecule has 0 heterocycles. The van der Waals surface area contributed by atoms with Crippen molar-refractivity contribution in [2.75, 3.05) is 19.7 Å². The molecule has 0 saturated carbocycles. The molecule has 0 radical (unpaired) electrons. The highest BCUT2D eigenvalue weighted by atomic mass is 19.3. The van der Waals surface area contributed by atoms with Crippen LogP contribution in [0.5, 0.6) is 5.75 Å². The summed E-state index contributed by atoms with van der Waals surface area (Å²) in [4.78, 5) is 2.01. The summed E-state index contributed by atoms with van der Waals surface area (Å²) in [5.74, 6) is 0.201. The second-order valence-corrected chi connectivity index (χ2v) is 3.99. The fraction of sp³-hybridized carbons (Fsp3) is 0.538. The Hall–Kier alpha value is -1.20. The number of halogens is 2. The smallest absolute Gasteiger partial charge is 0.387 e. The number of hydrogen-bond acceptors (Lipinski definition) is 3. The van der Waals surface area contributed by atoms with Gasteiger partial charge in [-0.1, -0.05) is 25.1 Å². The van der Waals surface area contributed by atoms with Gasteiger partial charge in [-0.15, -0.1) is 0 Å². The van der Waals surface area contributed by atoms with Crippen LogP contribution in [0.3, 0.4) is 0 Å². The molecule has 0 aliphatic carbocycles. The predicted octanol–water partition coefficient (Wildman–Crippen LogP) is 2.49. The van der Waals surface area contributed by atoms with Crippen molar-refractivity contribution in [3.63, 3.8) is 0 Å². The van der Waals surface area contributed by atoms with E-state index in [2.05, 4.69) is 4.74 Å². The molecule has 3 nitrogen and oxygen atoms in total. The van der Waals surface area contributed by atoms with Crippen molar-refractivity contribution < 1.29 is 18.6 Å². The monoisotopic (exact) mass is 259 g/mol. The molecular formula is C13H19F2NO2. The Labute approximate surface area is 106 Å². The average Bonchev–Trinajstić information content (AvgIpc) is 2.31. The Kier molecular flexibility index (Phi) is 6.60. The molecule has 0 aromatic heterocycles. The Bertz CT molecular complexity index is 342. The van der Waals surface area contributed by atoms with E-state index < -0.39 is 6.61 Å². The summed E-state index contributed by atoms with van der Waals surface area (Å²) < 4.78 is 29.0. The third-order valence-electron chi connectivity index (χ3n) is 2.54. The second kappa shape index (κ2) is 8.00. The topological polar surface area (TPSA) is 32.7 Å². The van der Waals surface area contributed by atoms with E-state index in [1.807, 2.05) is 11.8 Å². The SMILES string of the molecule is CCCN(CCO)Cc1ccccc1OC(F)F. The minimum Gasteiger partial charge on any atom is -0.434 e. The van der Waals surface area contributed by atoms with E-state index in [9.17, 15) is 8.78 Å². The molecule has 0 bridgehead atoms. The van der Waals surface area contributed by atoms with Crippen LogP contribution in [0.25, 0.3) is 0 Å². The number of ether oxygens (including phenoxy) is 1. The molecule has 18 heavy (non-hydrogen) atoms. The van der Waals surface area contributed by atoms with Crippen LogP contribution in [0.4, 0.5) is 8.78 Å². The zero-order valence-corrected chi connectivity index (χ0v) is 10.5. The number of nitrogens with zero attached hydrogens (tertiary/aromatic N) is 1. The van der Waals surface area contributed by atoms with Crippen molar-refractivity contribution in [1.29, 1.82) is 0 Å². The number of benzene rings is 1. The summed E-state index contributed by atoms with van der Waals surface area (Å²) in [6.07, 6.45) is 0.942. The van der Waals surface area contributed by atoms with Crippen LogP contribution >= 0.6 is 0 Å². The van der Waals surface area contributed by atoms with Crippen LogP contribution < -0.4 is 4.74 Å². The molecule has 0 unspecified atom stereocenters. The van der Waals surface area contributed by atoms with Crippen molar-refractivity contribution in [3.05, 3.63) is 29.8 Å². The average molecular weight is 259 g/mol. The highest BCUT2D eigenvalue weighted by Gasteiger charge is 2.12. The van der Waals surface area contributed by atoms with Gasteiger partial charge in [-0.2, -0.15) is 8.78 Å². The lowest BCUT2D eigenvalue weighted by Crippen LogP contribution is -2.27. The summed E-state index contributed by atoms with van der Waals surface area (Å²) >= 11 is 0. The molecule has 0 aliphatic rings. The van der Waals surface area contributed by atoms with Gasteiger partial charge in [-0.25, -0.2) is 0 Å². The largest absolute Gasteiger partial charge is 0.434 e. The molecule has 1 aromatic rings. The fourth-order valence-corrected chi connectivity index (χ4v) is 1.81. The standard InChI is InChI=1S/C13H19F2NO2/c1-2-7-16(8-9-17)10-11-5-3-4-6-12(11)18-13(14)15/h3-6,13,17H,2,7-10H2,1H3. The number of alkyl halides is 2. The molecule has 102 valence electrons. The first-order chi connectivity index (χ1) is 8.67. The summed E-state index contributed by atoms with van der Waals surface area (Å²) in [6.45, 7) is 1.10. The zero-order chi connectivity index (χ0) is 13.4. The van der Waals surface area contributed by atoms with E-state index in [0.717, 1.165) is 13.0 Å². The molecule has 0 fully saturated rings. The first kappa shape index (κ1) is 14.9. The third kappa shape index (κ3) is 4.98. The number of rotatable bonds is 8. The van der Waals surface area contributed by atoms with Gasteiger partial charge in [0.2, 0.25) is 0 Å². The van der Waals surface area contributed by atoms with E-state index in [1.165, 1.54) is 6.07 Å². The Morgan fingerprint density at radius 1 is 1.28 bits per heavy atom. The van der Waals surface area contributed by atoms with E-state index in [-0.39, 0.29) is 12.4 Å². The first-order valence-electron chi connectivity index (χ1n) is 6.03. The molecule has 0 aliphatic heterocycles. The third-order valence-corrected chi connectivity index (χ3v) is 2.54. The first-order valence-corrected chi connectivity index (χ1v) is 6.03. The van der Waals surface area contributed by atoms with Gasteiger partial charge >= 0.3 is 6.61 Å². The van der Waals surface area contributed by atoms with E-state index in [4.69, 9.17) is 5.11 Å². The maximum absolute atomic E-state index is 12.3. The minimum absolute atomic E-state index is 0.0534. The Morgan fingerprint density at radius 2 is 2.00 bits per heavy atom. The minimum atomic E-state index is -2.82. The van der Waals surface area contributed by atoms with Gasteiger partial charge in [0, 0.05) is 18.7 Å². The highest BCUT2D eigenvalue weighted by molar-refractivity contribution is 5.33. The van der Waals surface area contributed by atoms with E-state index >= 15 is 0 Å². The molecule has 1 rings (SSSR count).